The Morgan fingerprint density at radius 2 is 2.12 bits per heavy atom. The number of aromatic nitrogens is 2. The molecule has 1 amide bonds. The van der Waals surface area contributed by atoms with E-state index in [1.165, 1.54) is 11.8 Å². The van der Waals surface area contributed by atoms with Crippen molar-refractivity contribution < 1.29 is 4.79 Å². The molecule has 2 heterocycles. The molecule has 25 heavy (non-hydrogen) atoms. The van der Waals surface area contributed by atoms with E-state index in [0.717, 1.165) is 22.7 Å². The van der Waals surface area contributed by atoms with Crippen LogP contribution >= 0.6 is 23.5 Å². The maximum Gasteiger partial charge on any atom is 0.268 e. The van der Waals surface area contributed by atoms with Gasteiger partial charge in [-0.15, -0.1) is 11.8 Å². The molecule has 0 saturated carbocycles. The lowest BCUT2D eigenvalue weighted by Crippen LogP contribution is -2.29. The summed E-state index contributed by atoms with van der Waals surface area (Å²) < 4.78 is 1.67. The number of carbonyl (C=O) groups is 1. The first-order valence-corrected chi connectivity index (χ1v) is 10.1. The van der Waals surface area contributed by atoms with Gasteiger partial charge in [0.1, 0.15) is 0 Å². The fourth-order valence-electron chi connectivity index (χ4n) is 2.74. The molecule has 0 aliphatic carbocycles. The average molecular weight is 376 g/mol. The van der Waals surface area contributed by atoms with Crippen LogP contribution < -0.4 is 10.5 Å². The van der Waals surface area contributed by atoms with Crippen molar-refractivity contribution in [3.63, 3.8) is 0 Å². The van der Waals surface area contributed by atoms with Gasteiger partial charge in [-0.25, -0.2) is 4.98 Å². The fraction of sp³-hybridized carbons (Fsp3) is 0.389. The molecule has 2 aromatic rings. The molecule has 3 rings (SSSR count). The Balaban J connectivity index is 1.77. The van der Waals surface area contributed by atoms with Gasteiger partial charge in [0.2, 0.25) is 5.91 Å². The van der Waals surface area contributed by atoms with Gasteiger partial charge in [-0.1, -0.05) is 36.9 Å². The number of amides is 1. The Bertz CT molecular complexity index is 836. The Labute approximate surface area is 155 Å². The molecule has 1 aliphatic heterocycles. The Kier molecular flexibility index (Phi) is 5.54. The molecule has 0 saturated heterocycles. The summed E-state index contributed by atoms with van der Waals surface area (Å²) in [5.74, 6) is 0.232. The Morgan fingerprint density at radius 1 is 1.40 bits per heavy atom. The van der Waals surface area contributed by atoms with Gasteiger partial charge in [-0.05, 0) is 19.1 Å². The van der Waals surface area contributed by atoms with Crippen molar-refractivity contribution in [3.05, 3.63) is 46.4 Å². The van der Waals surface area contributed by atoms with Gasteiger partial charge in [-0.3, -0.25) is 14.2 Å². The van der Waals surface area contributed by atoms with Gasteiger partial charge in [-0.2, -0.15) is 0 Å². The molecular formula is C18H21N3O2S2. The van der Waals surface area contributed by atoms with Crippen LogP contribution in [0.4, 0.5) is 5.69 Å². The second-order valence-corrected chi connectivity index (χ2v) is 8.32. The summed E-state index contributed by atoms with van der Waals surface area (Å²) in [5.41, 5.74) is 1.75. The molecule has 0 fully saturated rings. The van der Waals surface area contributed by atoms with Crippen LogP contribution in [0, 0.1) is 0 Å². The third-order valence-corrected chi connectivity index (χ3v) is 6.30. The molecular weight excluding hydrogens is 354 g/mol. The van der Waals surface area contributed by atoms with Gasteiger partial charge in [0.05, 0.1) is 16.3 Å². The van der Waals surface area contributed by atoms with Crippen molar-refractivity contribution >= 4 is 35.1 Å². The van der Waals surface area contributed by atoms with E-state index in [-0.39, 0.29) is 17.2 Å². The standard InChI is InChI=1S/C18H21N3O2S2/c1-4-21-17(23)16-14(10-12(2)25-16)19-18(21)24-11-15(22)20(3)13-8-6-5-7-9-13/h5-9,12H,4,10-11H2,1-3H3. The van der Waals surface area contributed by atoms with Crippen molar-refractivity contribution in [1.29, 1.82) is 0 Å². The first-order chi connectivity index (χ1) is 12.0. The molecule has 1 aliphatic rings. The zero-order valence-electron chi connectivity index (χ0n) is 14.6. The lowest BCUT2D eigenvalue weighted by atomic mass is 10.2. The van der Waals surface area contributed by atoms with Crippen LogP contribution in [0.1, 0.15) is 19.5 Å². The predicted molar refractivity (Wildman–Crippen MR) is 104 cm³/mol. The molecule has 5 nitrogen and oxygen atoms in total. The van der Waals surface area contributed by atoms with E-state index in [1.807, 2.05) is 37.3 Å². The number of benzene rings is 1. The molecule has 0 spiro atoms. The van der Waals surface area contributed by atoms with Gasteiger partial charge >= 0.3 is 0 Å². The molecule has 0 N–H and O–H groups in total. The number of rotatable bonds is 5. The van der Waals surface area contributed by atoms with Crippen LogP contribution in [0.5, 0.6) is 0 Å². The lowest BCUT2D eigenvalue weighted by Gasteiger charge is -2.17. The topological polar surface area (TPSA) is 55.2 Å². The number of nitrogens with zero attached hydrogens (tertiary/aromatic N) is 3. The summed E-state index contributed by atoms with van der Waals surface area (Å²) in [7, 11) is 1.76. The normalized spacial score (nSPS) is 15.9. The summed E-state index contributed by atoms with van der Waals surface area (Å²) in [4.78, 5) is 32.2. The van der Waals surface area contributed by atoms with Crippen LogP contribution in [-0.4, -0.2) is 33.5 Å². The smallest absolute Gasteiger partial charge is 0.268 e. The monoisotopic (exact) mass is 375 g/mol. The van der Waals surface area contributed by atoms with Crippen LogP contribution in [-0.2, 0) is 17.8 Å². The minimum Gasteiger partial charge on any atom is -0.315 e. The maximum atomic E-state index is 12.7. The molecule has 1 unspecified atom stereocenters. The van der Waals surface area contributed by atoms with E-state index in [2.05, 4.69) is 11.9 Å². The van der Waals surface area contributed by atoms with E-state index >= 15 is 0 Å². The largest absolute Gasteiger partial charge is 0.315 e. The first kappa shape index (κ1) is 18.1. The number of anilines is 1. The lowest BCUT2D eigenvalue weighted by molar-refractivity contribution is -0.115. The third kappa shape index (κ3) is 3.77. The number of fused-ring (bicyclic) bond motifs is 1. The van der Waals surface area contributed by atoms with Crippen molar-refractivity contribution in [2.45, 2.75) is 42.1 Å². The summed E-state index contributed by atoms with van der Waals surface area (Å²) in [6.45, 7) is 4.59. The summed E-state index contributed by atoms with van der Waals surface area (Å²) in [6.07, 6.45) is 0.811. The highest BCUT2D eigenvalue weighted by Gasteiger charge is 2.26. The highest BCUT2D eigenvalue weighted by molar-refractivity contribution is 8.00. The van der Waals surface area contributed by atoms with Crippen molar-refractivity contribution in [2.75, 3.05) is 17.7 Å². The summed E-state index contributed by atoms with van der Waals surface area (Å²) in [6, 6.07) is 9.53. The zero-order valence-corrected chi connectivity index (χ0v) is 16.2. The highest BCUT2D eigenvalue weighted by atomic mass is 32.2. The van der Waals surface area contributed by atoms with Crippen LogP contribution in [0.15, 0.2) is 45.2 Å². The predicted octanol–water partition coefficient (Wildman–Crippen LogP) is 3.06. The van der Waals surface area contributed by atoms with E-state index in [4.69, 9.17) is 0 Å². The number of hydrogen-bond acceptors (Lipinski definition) is 5. The quantitative estimate of drug-likeness (QED) is 0.594. The van der Waals surface area contributed by atoms with Crippen LogP contribution in [0.2, 0.25) is 0 Å². The third-order valence-electron chi connectivity index (χ3n) is 4.12. The highest BCUT2D eigenvalue weighted by Crippen LogP contribution is 2.34. The average Bonchev–Trinajstić information content (AvgIpc) is 3.00. The first-order valence-electron chi connectivity index (χ1n) is 8.26. The van der Waals surface area contributed by atoms with Crippen molar-refractivity contribution in [2.24, 2.45) is 0 Å². The van der Waals surface area contributed by atoms with Crippen LogP contribution in [0.25, 0.3) is 0 Å². The molecule has 132 valence electrons. The fourth-order valence-corrected chi connectivity index (χ4v) is 4.85. The molecule has 1 aromatic carbocycles. The molecule has 1 aromatic heterocycles. The number of carbonyl (C=O) groups excluding carboxylic acids is 1. The van der Waals surface area contributed by atoms with E-state index < -0.39 is 0 Å². The number of hydrogen-bond donors (Lipinski definition) is 0. The number of thioether (sulfide) groups is 2. The van der Waals surface area contributed by atoms with E-state index in [0.29, 0.717) is 17.0 Å². The van der Waals surface area contributed by atoms with Crippen molar-refractivity contribution in [3.8, 4) is 0 Å². The second-order valence-electron chi connectivity index (χ2n) is 5.93. The van der Waals surface area contributed by atoms with Crippen LogP contribution in [0.3, 0.4) is 0 Å². The minimum absolute atomic E-state index is 0.0173. The molecule has 0 bridgehead atoms. The van der Waals surface area contributed by atoms with Gasteiger partial charge < -0.3 is 4.90 Å². The zero-order chi connectivity index (χ0) is 18.0. The van der Waals surface area contributed by atoms with Gasteiger partial charge in [0.15, 0.2) is 5.16 Å². The van der Waals surface area contributed by atoms with Crippen molar-refractivity contribution in [1.82, 2.24) is 9.55 Å². The molecule has 0 radical (unpaired) electrons. The Hall–Kier alpha value is -1.73. The summed E-state index contributed by atoms with van der Waals surface area (Å²) in [5, 5.41) is 1.02. The van der Waals surface area contributed by atoms with Gasteiger partial charge in [0, 0.05) is 31.0 Å². The Morgan fingerprint density at radius 3 is 2.80 bits per heavy atom. The maximum absolute atomic E-state index is 12.7. The number of para-hydroxylation sites is 1. The molecule has 1 atom stereocenters. The minimum atomic E-state index is -0.0173. The SMILES string of the molecule is CCn1c(SCC(=O)N(C)c2ccccc2)nc2c(c1=O)SC(C)C2. The van der Waals surface area contributed by atoms with Gasteiger partial charge in [0.25, 0.3) is 5.56 Å². The summed E-state index contributed by atoms with van der Waals surface area (Å²) >= 11 is 2.94. The van der Waals surface area contributed by atoms with E-state index in [1.54, 1.807) is 28.3 Å². The molecule has 7 heteroatoms. The van der Waals surface area contributed by atoms with E-state index in [9.17, 15) is 9.59 Å². The second kappa shape index (κ2) is 7.66.